The number of fused-ring (bicyclic) bond motifs is 1. The summed E-state index contributed by atoms with van der Waals surface area (Å²) in [4.78, 5) is 12.1. The SMILES string of the molecule is O=C(NCCc1cc(Cl)c2c(c1)OCCO2)C1CCCNC1. The van der Waals surface area contributed by atoms with Crippen molar-refractivity contribution in [1.29, 1.82) is 0 Å². The third-order valence-electron chi connectivity index (χ3n) is 4.04. The third-order valence-corrected chi connectivity index (χ3v) is 4.32. The van der Waals surface area contributed by atoms with Gasteiger partial charge < -0.3 is 20.1 Å². The molecule has 0 spiro atoms. The monoisotopic (exact) mass is 324 g/mol. The van der Waals surface area contributed by atoms with Gasteiger partial charge in [-0.15, -0.1) is 0 Å². The number of halogens is 1. The van der Waals surface area contributed by atoms with Gasteiger partial charge in [0, 0.05) is 13.1 Å². The van der Waals surface area contributed by atoms with Crippen LogP contribution in [-0.2, 0) is 11.2 Å². The van der Waals surface area contributed by atoms with Crippen LogP contribution in [0.15, 0.2) is 12.1 Å². The standard InChI is InChI=1S/C16H21ClN2O3/c17-13-8-11(9-14-15(13)22-7-6-21-14)3-5-19-16(20)12-2-1-4-18-10-12/h8-9,12,18H,1-7,10H2,(H,19,20). The van der Waals surface area contributed by atoms with Crippen LogP contribution in [0, 0.1) is 5.92 Å². The molecular formula is C16H21ClN2O3. The molecular weight excluding hydrogens is 304 g/mol. The molecule has 1 fully saturated rings. The van der Waals surface area contributed by atoms with Crippen molar-refractivity contribution in [2.75, 3.05) is 32.8 Å². The number of carbonyl (C=O) groups excluding carboxylic acids is 1. The van der Waals surface area contributed by atoms with Crippen LogP contribution in [0.3, 0.4) is 0 Å². The molecule has 1 aromatic carbocycles. The molecule has 1 atom stereocenters. The third kappa shape index (κ3) is 3.65. The predicted octanol–water partition coefficient (Wildman–Crippen LogP) is 1.77. The van der Waals surface area contributed by atoms with E-state index in [1.807, 2.05) is 12.1 Å². The second-order valence-corrected chi connectivity index (χ2v) is 6.09. The molecule has 0 radical (unpaired) electrons. The summed E-state index contributed by atoms with van der Waals surface area (Å²) in [7, 11) is 0. The van der Waals surface area contributed by atoms with Gasteiger partial charge >= 0.3 is 0 Å². The molecule has 0 bridgehead atoms. The molecule has 0 aromatic heterocycles. The van der Waals surface area contributed by atoms with Crippen molar-refractivity contribution >= 4 is 17.5 Å². The fourth-order valence-electron chi connectivity index (χ4n) is 2.86. The van der Waals surface area contributed by atoms with Crippen LogP contribution in [0.25, 0.3) is 0 Å². The van der Waals surface area contributed by atoms with Gasteiger partial charge in [0.2, 0.25) is 5.91 Å². The van der Waals surface area contributed by atoms with Crippen molar-refractivity contribution in [3.8, 4) is 11.5 Å². The molecule has 1 saturated heterocycles. The van der Waals surface area contributed by atoms with E-state index in [9.17, 15) is 4.79 Å². The highest BCUT2D eigenvalue weighted by molar-refractivity contribution is 6.32. The van der Waals surface area contributed by atoms with Crippen molar-refractivity contribution in [3.05, 3.63) is 22.7 Å². The van der Waals surface area contributed by atoms with Gasteiger partial charge in [0.25, 0.3) is 0 Å². The van der Waals surface area contributed by atoms with E-state index in [4.69, 9.17) is 21.1 Å². The molecule has 0 aliphatic carbocycles. The molecule has 1 unspecified atom stereocenters. The summed E-state index contributed by atoms with van der Waals surface area (Å²) >= 11 is 6.21. The van der Waals surface area contributed by atoms with Crippen molar-refractivity contribution in [2.24, 2.45) is 5.92 Å². The summed E-state index contributed by atoms with van der Waals surface area (Å²) in [6.45, 7) is 3.46. The number of hydrogen-bond donors (Lipinski definition) is 2. The second-order valence-electron chi connectivity index (χ2n) is 5.69. The van der Waals surface area contributed by atoms with Gasteiger partial charge in [0.05, 0.1) is 10.9 Å². The topological polar surface area (TPSA) is 59.6 Å². The van der Waals surface area contributed by atoms with Crippen LogP contribution in [0.5, 0.6) is 11.5 Å². The van der Waals surface area contributed by atoms with Gasteiger partial charge in [-0.3, -0.25) is 4.79 Å². The molecule has 5 nitrogen and oxygen atoms in total. The Bertz CT molecular complexity index is 544. The van der Waals surface area contributed by atoms with Gasteiger partial charge in [-0.2, -0.15) is 0 Å². The van der Waals surface area contributed by atoms with E-state index >= 15 is 0 Å². The quantitative estimate of drug-likeness (QED) is 0.886. The Morgan fingerprint density at radius 3 is 3.05 bits per heavy atom. The minimum absolute atomic E-state index is 0.0950. The highest BCUT2D eigenvalue weighted by atomic mass is 35.5. The Morgan fingerprint density at radius 1 is 1.36 bits per heavy atom. The lowest BCUT2D eigenvalue weighted by Gasteiger charge is -2.22. The Balaban J connectivity index is 1.53. The largest absolute Gasteiger partial charge is 0.486 e. The lowest BCUT2D eigenvalue weighted by Crippen LogP contribution is -2.41. The van der Waals surface area contributed by atoms with Crippen molar-refractivity contribution < 1.29 is 14.3 Å². The maximum atomic E-state index is 12.1. The zero-order chi connectivity index (χ0) is 15.4. The van der Waals surface area contributed by atoms with Crippen LogP contribution < -0.4 is 20.1 Å². The highest BCUT2D eigenvalue weighted by Gasteiger charge is 2.20. The molecule has 120 valence electrons. The predicted molar refractivity (Wildman–Crippen MR) is 84.7 cm³/mol. The molecule has 3 rings (SSSR count). The van der Waals surface area contributed by atoms with Gasteiger partial charge in [-0.1, -0.05) is 11.6 Å². The Hall–Kier alpha value is -1.46. The number of piperidine rings is 1. The van der Waals surface area contributed by atoms with Crippen LogP contribution in [0.2, 0.25) is 5.02 Å². The summed E-state index contributed by atoms with van der Waals surface area (Å²) in [5.41, 5.74) is 1.04. The lowest BCUT2D eigenvalue weighted by molar-refractivity contribution is -0.125. The minimum Gasteiger partial charge on any atom is -0.486 e. The summed E-state index contributed by atoms with van der Waals surface area (Å²) in [5.74, 6) is 1.54. The van der Waals surface area contributed by atoms with Crippen LogP contribution in [-0.4, -0.2) is 38.8 Å². The fraction of sp³-hybridized carbons (Fsp3) is 0.562. The van der Waals surface area contributed by atoms with Crippen molar-refractivity contribution in [1.82, 2.24) is 10.6 Å². The number of rotatable bonds is 4. The molecule has 1 aromatic rings. The van der Waals surface area contributed by atoms with Crippen molar-refractivity contribution in [3.63, 3.8) is 0 Å². The van der Waals surface area contributed by atoms with E-state index in [1.165, 1.54) is 0 Å². The summed E-state index contributed by atoms with van der Waals surface area (Å²) in [6.07, 6.45) is 2.76. The van der Waals surface area contributed by atoms with Crippen LogP contribution in [0.1, 0.15) is 18.4 Å². The Morgan fingerprint density at radius 2 is 2.23 bits per heavy atom. The smallest absolute Gasteiger partial charge is 0.224 e. The van der Waals surface area contributed by atoms with E-state index in [0.717, 1.165) is 37.9 Å². The van der Waals surface area contributed by atoms with E-state index in [0.29, 0.717) is 36.3 Å². The van der Waals surface area contributed by atoms with Gasteiger partial charge in [-0.05, 0) is 43.5 Å². The first-order chi connectivity index (χ1) is 10.7. The first-order valence-corrected chi connectivity index (χ1v) is 8.18. The molecule has 2 heterocycles. The highest BCUT2D eigenvalue weighted by Crippen LogP contribution is 2.38. The zero-order valence-electron chi connectivity index (χ0n) is 12.5. The van der Waals surface area contributed by atoms with Gasteiger partial charge in [0.15, 0.2) is 11.5 Å². The number of benzene rings is 1. The van der Waals surface area contributed by atoms with Crippen molar-refractivity contribution in [2.45, 2.75) is 19.3 Å². The molecule has 2 N–H and O–H groups in total. The van der Waals surface area contributed by atoms with Gasteiger partial charge in [-0.25, -0.2) is 0 Å². The van der Waals surface area contributed by atoms with E-state index in [-0.39, 0.29) is 11.8 Å². The summed E-state index contributed by atoms with van der Waals surface area (Å²) in [5, 5.41) is 6.83. The maximum Gasteiger partial charge on any atom is 0.224 e. The zero-order valence-corrected chi connectivity index (χ0v) is 13.2. The molecule has 2 aliphatic heterocycles. The second kappa shape index (κ2) is 7.20. The number of amides is 1. The Labute approximate surface area is 135 Å². The fourth-order valence-corrected chi connectivity index (χ4v) is 3.15. The molecule has 22 heavy (non-hydrogen) atoms. The Kier molecular flexibility index (Phi) is 5.05. The number of carbonyl (C=O) groups is 1. The van der Waals surface area contributed by atoms with Crippen LogP contribution in [0.4, 0.5) is 0 Å². The van der Waals surface area contributed by atoms with E-state index in [1.54, 1.807) is 0 Å². The number of nitrogens with one attached hydrogen (secondary N) is 2. The van der Waals surface area contributed by atoms with E-state index in [2.05, 4.69) is 10.6 Å². The van der Waals surface area contributed by atoms with Gasteiger partial charge in [0.1, 0.15) is 13.2 Å². The van der Waals surface area contributed by atoms with E-state index < -0.39 is 0 Å². The molecule has 6 heteroatoms. The summed E-state index contributed by atoms with van der Waals surface area (Å²) < 4.78 is 11.1. The normalized spacial score (nSPS) is 20.5. The lowest BCUT2D eigenvalue weighted by atomic mass is 9.99. The molecule has 1 amide bonds. The first-order valence-electron chi connectivity index (χ1n) is 7.80. The minimum atomic E-state index is 0.0950. The van der Waals surface area contributed by atoms with Crippen LogP contribution >= 0.6 is 11.6 Å². The number of ether oxygens (including phenoxy) is 2. The average molecular weight is 325 g/mol. The first kappa shape index (κ1) is 15.4. The molecule has 0 saturated carbocycles. The average Bonchev–Trinajstić information content (AvgIpc) is 2.56. The number of hydrogen-bond acceptors (Lipinski definition) is 4. The summed E-state index contributed by atoms with van der Waals surface area (Å²) in [6, 6.07) is 3.82. The maximum absolute atomic E-state index is 12.1. The molecule has 2 aliphatic rings.